The maximum atomic E-state index is 13.6. The third-order valence-electron chi connectivity index (χ3n) is 5.17. The molecule has 1 aromatic carbocycles. The molecule has 8 heteroatoms. The van der Waals surface area contributed by atoms with E-state index in [4.69, 9.17) is 17.3 Å². The predicted octanol–water partition coefficient (Wildman–Crippen LogP) is 2.70. The van der Waals surface area contributed by atoms with Crippen molar-refractivity contribution >= 4 is 17.5 Å². The zero-order valence-electron chi connectivity index (χ0n) is 13.9. The minimum atomic E-state index is -0.877. The topological polar surface area (TPSA) is 72.1 Å². The van der Waals surface area contributed by atoms with Crippen LogP contribution in [0.5, 0.6) is 0 Å². The number of benzene rings is 1. The van der Waals surface area contributed by atoms with Gasteiger partial charge in [-0.3, -0.25) is 9.78 Å². The molecule has 0 bridgehead atoms. The van der Waals surface area contributed by atoms with E-state index in [1.54, 1.807) is 4.90 Å². The molecule has 2 N–H and O–H groups in total. The largest absolute Gasteiger partial charge is 0.331 e. The van der Waals surface area contributed by atoms with Crippen molar-refractivity contribution in [2.45, 2.75) is 44.3 Å². The van der Waals surface area contributed by atoms with Gasteiger partial charge >= 0.3 is 0 Å². The van der Waals surface area contributed by atoms with Crippen LogP contribution in [0.1, 0.15) is 41.3 Å². The first-order chi connectivity index (χ1) is 12.4. The summed E-state index contributed by atoms with van der Waals surface area (Å²) in [5, 5.41) is 0.298. The summed E-state index contributed by atoms with van der Waals surface area (Å²) in [6, 6.07) is 1.99. The van der Waals surface area contributed by atoms with Crippen LogP contribution < -0.4 is 5.73 Å². The Bertz CT molecular complexity index is 892. The molecule has 2 heterocycles. The number of aromatic nitrogens is 2. The van der Waals surface area contributed by atoms with Gasteiger partial charge in [-0.15, -0.1) is 0 Å². The SMILES string of the molecule is NC(CC(=O)N1Cc2ncc(Cl)nc2C1)C1CCc2cc(F)c(F)cc21. The monoisotopic (exact) mass is 378 g/mol. The van der Waals surface area contributed by atoms with Crippen LogP contribution in [0, 0.1) is 11.6 Å². The number of carbonyl (C=O) groups is 1. The van der Waals surface area contributed by atoms with Crippen molar-refractivity contribution in [2.75, 3.05) is 0 Å². The van der Waals surface area contributed by atoms with Gasteiger partial charge in [0.1, 0.15) is 5.15 Å². The van der Waals surface area contributed by atoms with Gasteiger partial charge in [0.25, 0.3) is 0 Å². The highest BCUT2D eigenvalue weighted by Crippen LogP contribution is 2.37. The van der Waals surface area contributed by atoms with Crippen molar-refractivity contribution in [1.29, 1.82) is 0 Å². The fourth-order valence-corrected chi connectivity index (χ4v) is 3.98. The summed E-state index contributed by atoms with van der Waals surface area (Å²) < 4.78 is 27.0. The molecule has 26 heavy (non-hydrogen) atoms. The molecule has 2 unspecified atom stereocenters. The van der Waals surface area contributed by atoms with E-state index in [0.29, 0.717) is 42.3 Å². The lowest BCUT2D eigenvalue weighted by Crippen LogP contribution is -2.35. The first-order valence-electron chi connectivity index (χ1n) is 8.44. The number of rotatable bonds is 3. The van der Waals surface area contributed by atoms with Gasteiger partial charge in [0.05, 0.1) is 30.7 Å². The molecule has 0 saturated carbocycles. The smallest absolute Gasteiger partial charge is 0.224 e. The molecule has 2 aromatic rings. The summed E-state index contributed by atoms with van der Waals surface area (Å²) >= 11 is 5.84. The number of carbonyl (C=O) groups excluding carboxylic acids is 1. The molecule has 1 amide bonds. The van der Waals surface area contributed by atoms with Gasteiger partial charge < -0.3 is 10.6 Å². The second kappa shape index (κ2) is 6.55. The quantitative estimate of drug-likeness (QED) is 0.891. The Labute approximate surface area is 154 Å². The van der Waals surface area contributed by atoms with E-state index in [1.165, 1.54) is 18.3 Å². The van der Waals surface area contributed by atoms with Crippen LogP contribution in [0.2, 0.25) is 5.15 Å². The van der Waals surface area contributed by atoms with Crippen LogP contribution in [0.3, 0.4) is 0 Å². The van der Waals surface area contributed by atoms with E-state index in [1.807, 2.05) is 0 Å². The number of fused-ring (bicyclic) bond motifs is 2. The maximum absolute atomic E-state index is 13.6. The Morgan fingerprint density at radius 2 is 2.04 bits per heavy atom. The average Bonchev–Trinajstić information content (AvgIpc) is 3.18. The Morgan fingerprint density at radius 1 is 1.31 bits per heavy atom. The molecule has 0 radical (unpaired) electrons. The molecule has 2 atom stereocenters. The molecule has 0 saturated heterocycles. The van der Waals surface area contributed by atoms with Gasteiger partial charge in [0.15, 0.2) is 11.6 Å². The summed E-state index contributed by atoms with van der Waals surface area (Å²) in [4.78, 5) is 22.7. The molecule has 136 valence electrons. The highest BCUT2D eigenvalue weighted by Gasteiger charge is 2.33. The number of aryl methyl sites for hydroxylation is 1. The van der Waals surface area contributed by atoms with E-state index in [2.05, 4.69) is 9.97 Å². The molecule has 1 aromatic heterocycles. The zero-order valence-corrected chi connectivity index (χ0v) is 14.6. The lowest BCUT2D eigenvalue weighted by Gasteiger charge is -2.23. The van der Waals surface area contributed by atoms with Crippen LogP contribution in [-0.2, 0) is 24.3 Å². The van der Waals surface area contributed by atoms with Crippen LogP contribution in [0.25, 0.3) is 0 Å². The van der Waals surface area contributed by atoms with Gasteiger partial charge in [-0.2, -0.15) is 0 Å². The summed E-state index contributed by atoms with van der Waals surface area (Å²) in [5.41, 5.74) is 9.18. The Morgan fingerprint density at radius 3 is 2.85 bits per heavy atom. The molecule has 0 fully saturated rings. The van der Waals surface area contributed by atoms with Crippen LogP contribution in [0.15, 0.2) is 18.3 Å². The minimum Gasteiger partial charge on any atom is -0.331 e. The van der Waals surface area contributed by atoms with Crippen molar-refractivity contribution in [2.24, 2.45) is 5.73 Å². The van der Waals surface area contributed by atoms with Crippen LogP contribution in [-0.4, -0.2) is 26.8 Å². The van der Waals surface area contributed by atoms with E-state index in [0.717, 1.165) is 11.3 Å². The molecular weight excluding hydrogens is 362 g/mol. The Hall–Kier alpha value is -2.12. The van der Waals surface area contributed by atoms with E-state index in [-0.39, 0.29) is 18.2 Å². The van der Waals surface area contributed by atoms with Crippen molar-refractivity contribution in [3.8, 4) is 0 Å². The fraction of sp³-hybridized carbons (Fsp3) is 0.389. The third kappa shape index (κ3) is 3.05. The number of amides is 1. The minimum absolute atomic E-state index is 0.107. The first kappa shape index (κ1) is 17.3. The van der Waals surface area contributed by atoms with Crippen molar-refractivity contribution in [3.63, 3.8) is 0 Å². The molecule has 5 nitrogen and oxygen atoms in total. The summed E-state index contributed by atoms with van der Waals surface area (Å²) in [5.74, 6) is -1.98. The molecule has 1 aliphatic heterocycles. The van der Waals surface area contributed by atoms with Crippen molar-refractivity contribution in [1.82, 2.24) is 14.9 Å². The standard InChI is InChI=1S/C18H17ClF2N4O/c19-17-6-23-15-7-25(8-16(15)24-17)18(26)5-14(22)10-2-1-9-3-12(20)13(21)4-11(9)10/h3-4,6,10,14H,1-2,5,7-8,22H2. The molecule has 0 spiro atoms. The Kier molecular flexibility index (Phi) is 4.36. The number of nitrogens with zero attached hydrogens (tertiary/aromatic N) is 3. The normalized spacial score (nSPS) is 19.4. The molecule has 1 aliphatic carbocycles. The Balaban J connectivity index is 1.44. The molecular formula is C18H17ClF2N4O. The van der Waals surface area contributed by atoms with Gasteiger partial charge in [-0.1, -0.05) is 11.6 Å². The lowest BCUT2D eigenvalue weighted by molar-refractivity contribution is -0.132. The summed E-state index contributed by atoms with van der Waals surface area (Å²) in [6.45, 7) is 0.738. The predicted molar refractivity (Wildman–Crippen MR) is 91.3 cm³/mol. The average molecular weight is 379 g/mol. The third-order valence-corrected chi connectivity index (χ3v) is 5.35. The highest BCUT2D eigenvalue weighted by molar-refractivity contribution is 6.29. The van der Waals surface area contributed by atoms with Crippen LogP contribution in [0.4, 0.5) is 8.78 Å². The summed E-state index contributed by atoms with van der Waals surface area (Å²) in [6.07, 6.45) is 2.92. The summed E-state index contributed by atoms with van der Waals surface area (Å²) in [7, 11) is 0. The highest BCUT2D eigenvalue weighted by atomic mass is 35.5. The number of hydrogen-bond acceptors (Lipinski definition) is 4. The van der Waals surface area contributed by atoms with Gasteiger partial charge in [-0.25, -0.2) is 13.8 Å². The molecule has 4 rings (SSSR count). The van der Waals surface area contributed by atoms with E-state index in [9.17, 15) is 13.6 Å². The fourth-order valence-electron chi connectivity index (χ4n) is 3.83. The number of halogens is 3. The zero-order chi connectivity index (χ0) is 18.4. The number of hydrogen-bond donors (Lipinski definition) is 1. The van der Waals surface area contributed by atoms with E-state index < -0.39 is 17.7 Å². The van der Waals surface area contributed by atoms with Gasteiger partial charge in [0, 0.05) is 18.4 Å². The van der Waals surface area contributed by atoms with Gasteiger partial charge in [0.2, 0.25) is 5.91 Å². The lowest BCUT2D eigenvalue weighted by atomic mass is 9.91. The van der Waals surface area contributed by atoms with Crippen molar-refractivity contribution < 1.29 is 13.6 Å². The second-order valence-electron chi connectivity index (χ2n) is 6.81. The molecule has 2 aliphatic rings. The van der Waals surface area contributed by atoms with Gasteiger partial charge in [-0.05, 0) is 36.1 Å². The number of nitrogens with two attached hydrogens (primary N) is 1. The first-order valence-corrected chi connectivity index (χ1v) is 8.81. The van der Waals surface area contributed by atoms with Crippen molar-refractivity contribution in [3.05, 3.63) is 57.6 Å². The van der Waals surface area contributed by atoms with E-state index >= 15 is 0 Å². The second-order valence-corrected chi connectivity index (χ2v) is 7.20. The van der Waals surface area contributed by atoms with Crippen LogP contribution >= 0.6 is 11.6 Å². The maximum Gasteiger partial charge on any atom is 0.224 e.